The third-order valence-electron chi connectivity index (χ3n) is 5.40. The van der Waals surface area contributed by atoms with Crippen molar-refractivity contribution in [2.75, 3.05) is 35.0 Å². The lowest BCUT2D eigenvalue weighted by atomic mass is 10.1. The van der Waals surface area contributed by atoms with Crippen molar-refractivity contribution >= 4 is 0 Å². The van der Waals surface area contributed by atoms with Gasteiger partial charge in [0.1, 0.15) is 0 Å². The number of hydrogen-bond donors (Lipinski definition) is 0. The molecule has 0 unspecified atom stereocenters. The van der Waals surface area contributed by atoms with Crippen LogP contribution in [0.15, 0.2) is 35.0 Å². The Balaban J connectivity index is 1.54. The van der Waals surface area contributed by atoms with E-state index < -0.39 is 0 Å². The first-order valence-corrected chi connectivity index (χ1v) is 10.0. The Kier molecular flexibility index (Phi) is 6.22. The number of methoxy groups -OCH3 is 4. The molecule has 1 fully saturated rings. The number of rotatable bonds is 8. The summed E-state index contributed by atoms with van der Waals surface area (Å²) in [5, 5.41) is 4.16. The van der Waals surface area contributed by atoms with Gasteiger partial charge in [-0.25, -0.2) is 4.98 Å². The Morgan fingerprint density at radius 1 is 1.03 bits per heavy atom. The van der Waals surface area contributed by atoms with Gasteiger partial charge in [-0.3, -0.25) is 4.90 Å². The van der Waals surface area contributed by atoms with Crippen molar-refractivity contribution in [3.8, 4) is 34.5 Å². The second-order valence-electron chi connectivity index (χ2n) is 7.21. The van der Waals surface area contributed by atoms with Gasteiger partial charge in [0.15, 0.2) is 11.5 Å². The molecule has 3 heterocycles. The summed E-state index contributed by atoms with van der Waals surface area (Å²) in [6, 6.07) is 7.63. The number of aromatic nitrogens is 3. The summed E-state index contributed by atoms with van der Waals surface area (Å²) >= 11 is 0. The van der Waals surface area contributed by atoms with Gasteiger partial charge in [-0.2, -0.15) is 4.98 Å². The summed E-state index contributed by atoms with van der Waals surface area (Å²) in [5.41, 5.74) is 1.84. The maximum Gasteiger partial charge on any atom is 0.244 e. The average Bonchev–Trinajstić information content (AvgIpc) is 3.48. The predicted molar refractivity (Wildman–Crippen MR) is 113 cm³/mol. The number of nitrogens with zero attached hydrogens (tertiary/aromatic N) is 4. The van der Waals surface area contributed by atoms with Gasteiger partial charge >= 0.3 is 0 Å². The van der Waals surface area contributed by atoms with Gasteiger partial charge in [0.25, 0.3) is 0 Å². The molecule has 0 amide bonds. The maximum absolute atomic E-state index is 5.62. The first-order chi connectivity index (χ1) is 15.2. The highest BCUT2D eigenvalue weighted by Gasteiger charge is 2.31. The molecule has 0 bridgehead atoms. The van der Waals surface area contributed by atoms with Crippen molar-refractivity contribution in [1.82, 2.24) is 20.0 Å². The lowest BCUT2D eigenvalue weighted by Crippen LogP contribution is -2.23. The number of pyridine rings is 1. The van der Waals surface area contributed by atoms with E-state index in [4.69, 9.17) is 23.5 Å². The van der Waals surface area contributed by atoms with Gasteiger partial charge in [0, 0.05) is 24.4 Å². The van der Waals surface area contributed by atoms with Gasteiger partial charge in [0.2, 0.25) is 23.3 Å². The van der Waals surface area contributed by atoms with Crippen molar-refractivity contribution in [2.45, 2.75) is 25.4 Å². The molecule has 164 valence electrons. The van der Waals surface area contributed by atoms with Crippen LogP contribution in [0.1, 0.15) is 30.3 Å². The van der Waals surface area contributed by atoms with Crippen molar-refractivity contribution in [2.24, 2.45) is 0 Å². The number of benzene rings is 1. The Morgan fingerprint density at radius 3 is 2.42 bits per heavy atom. The van der Waals surface area contributed by atoms with Crippen LogP contribution in [0.25, 0.3) is 11.4 Å². The van der Waals surface area contributed by atoms with E-state index in [9.17, 15) is 0 Å². The molecule has 1 aliphatic heterocycles. The minimum atomic E-state index is 0.0477. The van der Waals surface area contributed by atoms with E-state index in [1.165, 1.54) is 0 Å². The Labute approximate surface area is 180 Å². The van der Waals surface area contributed by atoms with Crippen LogP contribution in [-0.4, -0.2) is 55.0 Å². The summed E-state index contributed by atoms with van der Waals surface area (Å²) in [5.74, 6) is 3.53. The molecular formula is C22H26N4O5. The second kappa shape index (κ2) is 9.22. The van der Waals surface area contributed by atoms with Crippen LogP contribution in [0.5, 0.6) is 23.1 Å². The molecule has 1 saturated heterocycles. The van der Waals surface area contributed by atoms with E-state index in [-0.39, 0.29) is 6.04 Å². The summed E-state index contributed by atoms with van der Waals surface area (Å²) < 4.78 is 27.1. The fourth-order valence-electron chi connectivity index (χ4n) is 3.88. The van der Waals surface area contributed by atoms with Crippen LogP contribution in [0.2, 0.25) is 0 Å². The molecule has 2 aromatic heterocycles. The zero-order valence-electron chi connectivity index (χ0n) is 18.1. The van der Waals surface area contributed by atoms with Crippen LogP contribution < -0.4 is 18.9 Å². The summed E-state index contributed by atoms with van der Waals surface area (Å²) in [6.45, 7) is 1.63. The molecule has 1 aliphatic rings. The van der Waals surface area contributed by atoms with E-state index in [0.29, 0.717) is 41.4 Å². The minimum absolute atomic E-state index is 0.0477. The van der Waals surface area contributed by atoms with Gasteiger partial charge in [-0.1, -0.05) is 5.16 Å². The van der Waals surface area contributed by atoms with Gasteiger partial charge < -0.3 is 23.5 Å². The topological polar surface area (TPSA) is 92.0 Å². The zero-order chi connectivity index (χ0) is 21.8. The molecule has 4 rings (SSSR count). The van der Waals surface area contributed by atoms with Gasteiger partial charge in [-0.05, 0) is 43.1 Å². The average molecular weight is 426 g/mol. The zero-order valence-corrected chi connectivity index (χ0v) is 18.1. The van der Waals surface area contributed by atoms with Crippen LogP contribution in [0, 0.1) is 0 Å². The fourth-order valence-corrected chi connectivity index (χ4v) is 3.88. The van der Waals surface area contributed by atoms with Crippen LogP contribution in [0.4, 0.5) is 0 Å². The first kappa shape index (κ1) is 20.9. The first-order valence-electron chi connectivity index (χ1n) is 10.0. The van der Waals surface area contributed by atoms with E-state index in [1.807, 2.05) is 18.2 Å². The summed E-state index contributed by atoms with van der Waals surface area (Å²) in [4.78, 5) is 11.2. The van der Waals surface area contributed by atoms with Crippen LogP contribution >= 0.6 is 0 Å². The molecule has 1 atom stereocenters. The van der Waals surface area contributed by atoms with E-state index in [1.54, 1.807) is 40.7 Å². The molecule has 0 radical (unpaired) electrons. The molecular weight excluding hydrogens is 400 g/mol. The maximum atomic E-state index is 5.62. The molecule has 1 aromatic carbocycles. The van der Waals surface area contributed by atoms with Gasteiger partial charge in [-0.15, -0.1) is 0 Å². The SMILES string of the molecule is COc1ccc(-c2noc([C@@H]3CCCN3Cc3cc(OC)c(OC)c(OC)c3)n2)cn1. The second-order valence-corrected chi connectivity index (χ2v) is 7.21. The lowest BCUT2D eigenvalue weighted by Gasteiger charge is -2.22. The standard InChI is InChI=1S/C22H26N4O5/c1-27-17-10-14(11-18(28-2)20(17)30-4)13-26-9-5-6-16(26)22-24-21(25-31-22)15-7-8-19(29-3)23-12-15/h7-8,10-12,16H,5-6,9,13H2,1-4H3/t16-/m0/s1. The van der Waals surface area contributed by atoms with Crippen LogP contribution in [0.3, 0.4) is 0 Å². The van der Waals surface area contributed by atoms with Crippen molar-refractivity contribution < 1.29 is 23.5 Å². The smallest absolute Gasteiger partial charge is 0.244 e. The largest absolute Gasteiger partial charge is 0.493 e. The Bertz CT molecular complexity index is 996. The Hall–Kier alpha value is -3.33. The van der Waals surface area contributed by atoms with Crippen molar-refractivity contribution in [3.05, 3.63) is 41.9 Å². The van der Waals surface area contributed by atoms with Crippen LogP contribution in [-0.2, 0) is 6.54 Å². The number of likely N-dealkylation sites (tertiary alicyclic amines) is 1. The van der Waals surface area contributed by atoms with E-state index in [0.717, 1.165) is 30.5 Å². The summed E-state index contributed by atoms with van der Waals surface area (Å²) in [7, 11) is 6.42. The third-order valence-corrected chi connectivity index (χ3v) is 5.40. The molecule has 3 aromatic rings. The quantitative estimate of drug-likeness (QED) is 0.536. The fraction of sp³-hybridized carbons (Fsp3) is 0.409. The van der Waals surface area contributed by atoms with Crippen molar-refractivity contribution in [1.29, 1.82) is 0 Å². The monoisotopic (exact) mass is 426 g/mol. The molecule has 0 saturated carbocycles. The number of ether oxygens (including phenoxy) is 4. The molecule has 0 N–H and O–H groups in total. The van der Waals surface area contributed by atoms with E-state index >= 15 is 0 Å². The highest BCUT2D eigenvalue weighted by molar-refractivity contribution is 5.54. The minimum Gasteiger partial charge on any atom is -0.493 e. The number of hydrogen-bond acceptors (Lipinski definition) is 9. The molecule has 0 spiro atoms. The summed E-state index contributed by atoms with van der Waals surface area (Å²) in [6.07, 6.45) is 3.68. The lowest BCUT2D eigenvalue weighted by molar-refractivity contribution is 0.200. The molecule has 9 nitrogen and oxygen atoms in total. The third kappa shape index (κ3) is 4.27. The highest BCUT2D eigenvalue weighted by Crippen LogP contribution is 2.40. The highest BCUT2D eigenvalue weighted by atomic mass is 16.5. The van der Waals surface area contributed by atoms with Gasteiger partial charge in [0.05, 0.1) is 34.5 Å². The Morgan fingerprint density at radius 2 is 1.81 bits per heavy atom. The normalized spacial score (nSPS) is 16.3. The van der Waals surface area contributed by atoms with Crippen molar-refractivity contribution in [3.63, 3.8) is 0 Å². The molecule has 0 aliphatic carbocycles. The predicted octanol–water partition coefficient (Wildman–Crippen LogP) is 3.50. The molecule has 31 heavy (non-hydrogen) atoms. The molecule has 9 heteroatoms. The van der Waals surface area contributed by atoms with E-state index in [2.05, 4.69) is 20.0 Å².